The summed E-state index contributed by atoms with van der Waals surface area (Å²) < 4.78 is 32.3. The monoisotopic (exact) mass is 284 g/mol. The van der Waals surface area contributed by atoms with E-state index in [4.69, 9.17) is 4.52 Å². The zero-order chi connectivity index (χ0) is 14.9. The third-order valence-electron chi connectivity index (χ3n) is 2.33. The van der Waals surface area contributed by atoms with Crippen molar-refractivity contribution in [3.8, 4) is 11.4 Å². The molecule has 0 aliphatic rings. The second kappa shape index (κ2) is 5.19. The Morgan fingerprint density at radius 3 is 2.70 bits per heavy atom. The normalized spacial score (nSPS) is 10.8. The van der Waals surface area contributed by atoms with Gasteiger partial charge in [-0.15, -0.1) is 0 Å². The highest BCUT2D eigenvalue weighted by Gasteiger charge is 2.25. The van der Waals surface area contributed by atoms with Gasteiger partial charge in [-0.1, -0.05) is 5.16 Å². The van der Waals surface area contributed by atoms with E-state index in [2.05, 4.69) is 15.5 Å². The minimum atomic E-state index is -1.34. The van der Waals surface area contributed by atoms with E-state index in [0.717, 1.165) is 12.1 Å². The third-order valence-corrected chi connectivity index (χ3v) is 2.33. The molecule has 9 heteroatoms. The van der Waals surface area contributed by atoms with Crippen molar-refractivity contribution >= 4 is 11.7 Å². The summed E-state index contributed by atoms with van der Waals surface area (Å²) in [7, 11) is 0. The Hall–Kier alpha value is -2.58. The second-order valence-electron chi connectivity index (χ2n) is 4.23. The van der Waals surface area contributed by atoms with Crippen molar-refractivity contribution < 1.29 is 18.2 Å². The van der Waals surface area contributed by atoms with Crippen LogP contribution in [0.25, 0.3) is 11.4 Å². The molecule has 7 nitrogen and oxygen atoms in total. The Morgan fingerprint density at radius 1 is 1.40 bits per heavy atom. The largest absolute Gasteiger partial charge is 0.336 e. The zero-order valence-corrected chi connectivity index (χ0v) is 10.6. The molecule has 106 valence electrons. The fourth-order valence-corrected chi connectivity index (χ4v) is 1.52. The number of aromatic nitrogens is 2. The van der Waals surface area contributed by atoms with Gasteiger partial charge in [-0.2, -0.15) is 9.37 Å². The topological polar surface area (TPSA) is 94.1 Å². The average Bonchev–Trinajstić information content (AvgIpc) is 2.75. The van der Waals surface area contributed by atoms with Crippen molar-refractivity contribution in [3.63, 3.8) is 0 Å². The lowest BCUT2D eigenvalue weighted by Gasteiger charge is -2.02. The SMILES string of the molecule is CC(C)Nc1nc(-c2c(F)ccc([N+](=O)[O-])c2F)no1. The molecule has 0 saturated carbocycles. The molecule has 0 spiro atoms. The lowest BCUT2D eigenvalue weighted by atomic mass is 10.1. The molecule has 0 saturated heterocycles. The second-order valence-corrected chi connectivity index (χ2v) is 4.23. The number of halogens is 2. The van der Waals surface area contributed by atoms with Gasteiger partial charge in [-0.05, 0) is 19.9 Å². The molecule has 0 bridgehead atoms. The molecule has 0 radical (unpaired) electrons. The first-order valence-corrected chi connectivity index (χ1v) is 5.63. The molecule has 2 rings (SSSR count). The average molecular weight is 284 g/mol. The molecule has 0 atom stereocenters. The molecular weight excluding hydrogens is 274 g/mol. The Morgan fingerprint density at radius 2 is 2.10 bits per heavy atom. The standard InChI is InChI=1S/C11H10F2N4O3/c1-5(2)14-11-15-10(16-20-11)8-6(12)3-4-7(9(8)13)17(18)19/h3-5H,1-2H3,(H,14,15,16). The molecule has 1 aromatic heterocycles. The minimum absolute atomic E-state index is 0.0249. The Bertz CT molecular complexity index is 657. The predicted molar refractivity (Wildman–Crippen MR) is 65.1 cm³/mol. The maximum absolute atomic E-state index is 13.9. The summed E-state index contributed by atoms with van der Waals surface area (Å²) in [6.07, 6.45) is 0. The van der Waals surface area contributed by atoms with E-state index in [1.807, 2.05) is 0 Å². The quantitative estimate of drug-likeness (QED) is 0.685. The number of anilines is 1. The number of nitrogens with one attached hydrogen (secondary N) is 1. The smallest absolute Gasteiger partial charge is 0.321 e. The Kier molecular flexibility index (Phi) is 3.59. The summed E-state index contributed by atoms with van der Waals surface area (Å²) >= 11 is 0. The molecular formula is C11H10F2N4O3. The fourth-order valence-electron chi connectivity index (χ4n) is 1.52. The number of nitro benzene ring substituents is 1. The van der Waals surface area contributed by atoms with Crippen molar-refractivity contribution in [1.29, 1.82) is 0 Å². The highest BCUT2D eigenvalue weighted by molar-refractivity contribution is 5.61. The molecule has 2 aromatic rings. The van der Waals surface area contributed by atoms with Crippen LogP contribution in [0.15, 0.2) is 16.7 Å². The van der Waals surface area contributed by atoms with Crippen LogP contribution in [0.5, 0.6) is 0 Å². The van der Waals surface area contributed by atoms with Gasteiger partial charge in [0.2, 0.25) is 11.6 Å². The first kappa shape index (κ1) is 13.8. The lowest BCUT2D eigenvalue weighted by molar-refractivity contribution is -0.387. The number of nitro groups is 1. The molecule has 0 amide bonds. The van der Waals surface area contributed by atoms with Crippen LogP contribution in [0.1, 0.15) is 13.8 Å². The third kappa shape index (κ3) is 2.56. The van der Waals surface area contributed by atoms with Crippen LogP contribution in [-0.2, 0) is 0 Å². The van der Waals surface area contributed by atoms with Crippen molar-refractivity contribution in [3.05, 3.63) is 33.9 Å². The summed E-state index contributed by atoms with van der Waals surface area (Å²) in [5.41, 5.74) is -1.55. The van der Waals surface area contributed by atoms with Crippen LogP contribution < -0.4 is 5.32 Å². The van der Waals surface area contributed by atoms with Crippen LogP contribution in [-0.4, -0.2) is 21.1 Å². The highest BCUT2D eigenvalue weighted by atomic mass is 19.1. The van der Waals surface area contributed by atoms with Crippen molar-refractivity contribution in [2.45, 2.75) is 19.9 Å². The maximum Gasteiger partial charge on any atom is 0.321 e. The Balaban J connectivity index is 2.49. The van der Waals surface area contributed by atoms with Crippen molar-refractivity contribution in [1.82, 2.24) is 10.1 Å². The van der Waals surface area contributed by atoms with Gasteiger partial charge in [0.15, 0.2) is 0 Å². The van der Waals surface area contributed by atoms with Gasteiger partial charge in [0, 0.05) is 12.1 Å². The van der Waals surface area contributed by atoms with E-state index in [-0.39, 0.29) is 12.1 Å². The van der Waals surface area contributed by atoms with Gasteiger partial charge in [0.05, 0.1) is 4.92 Å². The van der Waals surface area contributed by atoms with E-state index >= 15 is 0 Å². The molecule has 1 heterocycles. The van der Waals surface area contributed by atoms with Crippen LogP contribution in [0.4, 0.5) is 20.5 Å². The van der Waals surface area contributed by atoms with E-state index in [1.54, 1.807) is 13.8 Å². The predicted octanol–water partition coefficient (Wildman–Crippen LogP) is 2.74. The number of benzene rings is 1. The van der Waals surface area contributed by atoms with Crippen LogP contribution >= 0.6 is 0 Å². The van der Waals surface area contributed by atoms with E-state index in [0.29, 0.717) is 0 Å². The van der Waals surface area contributed by atoms with Crippen LogP contribution in [0.3, 0.4) is 0 Å². The van der Waals surface area contributed by atoms with E-state index in [1.165, 1.54) is 0 Å². The molecule has 1 N–H and O–H groups in total. The van der Waals surface area contributed by atoms with Gasteiger partial charge in [-0.3, -0.25) is 10.1 Å². The van der Waals surface area contributed by atoms with Gasteiger partial charge < -0.3 is 9.84 Å². The lowest BCUT2D eigenvalue weighted by Crippen LogP contribution is -2.09. The van der Waals surface area contributed by atoms with Crippen molar-refractivity contribution in [2.24, 2.45) is 0 Å². The molecule has 1 aromatic carbocycles. The first-order chi connectivity index (χ1) is 9.40. The summed E-state index contributed by atoms with van der Waals surface area (Å²) in [4.78, 5) is 13.4. The zero-order valence-electron chi connectivity index (χ0n) is 10.6. The number of hydrogen-bond donors (Lipinski definition) is 1. The van der Waals surface area contributed by atoms with E-state index < -0.39 is 33.6 Å². The fraction of sp³-hybridized carbons (Fsp3) is 0.273. The van der Waals surface area contributed by atoms with Gasteiger partial charge >= 0.3 is 11.7 Å². The molecule has 0 unspecified atom stereocenters. The molecule has 0 aliphatic heterocycles. The maximum atomic E-state index is 13.9. The van der Waals surface area contributed by atoms with Gasteiger partial charge in [0.25, 0.3) is 0 Å². The van der Waals surface area contributed by atoms with Crippen molar-refractivity contribution in [2.75, 3.05) is 5.32 Å². The van der Waals surface area contributed by atoms with Crippen LogP contribution in [0.2, 0.25) is 0 Å². The molecule has 0 fully saturated rings. The molecule has 20 heavy (non-hydrogen) atoms. The number of rotatable bonds is 4. The van der Waals surface area contributed by atoms with Gasteiger partial charge in [-0.25, -0.2) is 4.39 Å². The summed E-state index contributed by atoms with van der Waals surface area (Å²) in [6.45, 7) is 3.61. The summed E-state index contributed by atoms with van der Waals surface area (Å²) in [6, 6.07) is 1.47. The highest BCUT2D eigenvalue weighted by Crippen LogP contribution is 2.30. The summed E-state index contributed by atoms with van der Waals surface area (Å²) in [5.74, 6) is -2.75. The Labute approximate surface area is 111 Å². The summed E-state index contributed by atoms with van der Waals surface area (Å²) in [5, 5.41) is 16.8. The van der Waals surface area contributed by atoms with Gasteiger partial charge in [0.1, 0.15) is 11.4 Å². The number of nitrogens with zero attached hydrogens (tertiary/aromatic N) is 3. The van der Waals surface area contributed by atoms with E-state index in [9.17, 15) is 18.9 Å². The van der Waals surface area contributed by atoms with Crippen LogP contribution in [0, 0.1) is 21.7 Å². The first-order valence-electron chi connectivity index (χ1n) is 5.63. The number of hydrogen-bond acceptors (Lipinski definition) is 6. The minimum Gasteiger partial charge on any atom is -0.336 e. The molecule has 0 aliphatic carbocycles.